The Hall–Kier alpha value is -3.42. The van der Waals surface area contributed by atoms with E-state index < -0.39 is 5.82 Å². The van der Waals surface area contributed by atoms with E-state index in [4.69, 9.17) is 0 Å². The van der Waals surface area contributed by atoms with Crippen LogP contribution in [-0.4, -0.2) is 37.9 Å². The number of benzene rings is 1. The molecule has 1 aliphatic heterocycles. The van der Waals surface area contributed by atoms with Crippen molar-refractivity contribution in [2.75, 3.05) is 10.2 Å². The standard InChI is InChI=1S/C22H21FN6O/c1-12-3-4-15(7-16(12)21-25-9-14(23)10-26-21)28-22(30)18-8-17-13(2)20(17)29(18)19-5-6-24-11-27-19/h3-7,9-11,13,17-18,20H,8H2,1-2H3,(H,28,30)/t13-,17+,18-,20-/m1/s1. The summed E-state index contributed by atoms with van der Waals surface area (Å²) in [6, 6.07) is 7.49. The molecule has 1 N–H and O–H groups in total. The quantitative estimate of drug-likeness (QED) is 0.719. The minimum Gasteiger partial charge on any atom is -0.341 e. The number of piperidine rings is 1. The molecule has 1 saturated heterocycles. The van der Waals surface area contributed by atoms with Gasteiger partial charge in [0.2, 0.25) is 5.91 Å². The molecule has 5 rings (SSSR count). The predicted octanol–water partition coefficient (Wildman–Crippen LogP) is 3.23. The smallest absolute Gasteiger partial charge is 0.247 e. The van der Waals surface area contributed by atoms with Gasteiger partial charge in [0.05, 0.1) is 12.4 Å². The Morgan fingerprint density at radius 2 is 2.00 bits per heavy atom. The zero-order chi connectivity index (χ0) is 20.8. The molecule has 1 saturated carbocycles. The van der Waals surface area contributed by atoms with Crippen molar-refractivity contribution in [3.05, 3.63) is 60.6 Å². The lowest BCUT2D eigenvalue weighted by atomic mass is 10.1. The first kappa shape index (κ1) is 18.6. The molecule has 7 nitrogen and oxygen atoms in total. The van der Waals surface area contributed by atoms with Gasteiger partial charge >= 0.3 is 0 Å². The molecule has 8 heteroatoms. The van der Waals surface area contributed by atoms with Gasteiger partial charge in [-0.2, -0.15) is 0 Å². The van der Waals surface area contributed by atoms with Crippen molar-refractivity contribution < 1.29 is 9.18 Å². The number of carbonyl (C=O) groups excluding carboxylic acids is 1. The number of hydrogen-bond acceptors (Lipinski definition) is 6. The van der Waals surface area contributed by atoms with Gasteiger partial charge in [-0.15, -0.1) is 0 Å². The molecule has 2 aliphatic rings. The molecule has 30 heavy (non-hydrogen) atoms. The number of rotatable bonds is 4. The van der Waals surface area contributed by atoms with Gasteiger partial charge in [-0.3, -0.25) is 4.79 Å². The third-order valence-electron chi connectivity index (χ3n) is 6.16. The minimum absolute atomic E-state index is 0.0668. The number of aromatic nitrogens is 4. The zero-order valence-corrected chi connectivity index (χ0v) is 16.7. The number of nitrogens with zero attached hydrogens (tertiary/aromatic N) is 5. The van der Waals surface area contributed by atoms with E-state index >= 15 is 0 Å². The Bertz CT molecular complexity index is 1090. The summed E-state index contributed by atoms with van der Waals surface area (Å²) in [5.74, 6) is 1.72. The lowest BCUT2D eigenvalue weighted by Gasteiger charge is -2.28. The van der Waals surface area contributed by atoms with Crippen molar-refractivity contribution in [2.45, 2.75) is 32.4 Å². The molecule has 1 aromatic carbocycles. The van der Waals surface area contributed by atoms with Gasteiger partial charge in [-0.05, 0) is 48.9 Å². The molecule has 0 spiro atoms. The van der Waals surface area contributed by atoms with E-state index in [1.54, 1.807) is 6.20 Å². The summed E-state index contributed by atoms with van der Waals surface area (Å²) >= 11 is 0. The summed E-state index contributed by atoms with van der Waals surface area (Å²) in [5, 5.41) is 3.03. The van der Waals surface area contributed by atoms with Gasteiger partial charge in [0.15, 0.2) is 11.6 Å². The fourth-order valence-corrected chi connectivity index (χ4v) is 4.52. The molecule has 0 unspecified atom stereocenters. The topological polar surface area (TPSA) is 83.9 Å². The maximum absolute atomic E-state index is 13.2. The molecule has 2 aromatic heterocycles. The SMILES string of the molecule is Cc1ccc(NC(=O)[C@H]2C[C@H]3[C@@H](C)[C@H]3N2c2ccncn2)cc1-c1ncc(F)cn1. The number of anilines is 2. The summed E-state index contributed by atoms with van der Waals surface area (Å²) in [6.07, 6.45) is 6.30. The van der Waals surface area contributed by atoms with Gasteiger partial charge in [-0.1, -0.05) is 13.0 Å². The van der Waals surface area contributed by atoms with Crippen LogP contribution in [0.25, 0.3) is 11.4 Å². The van der Waals surface area contributed by atoms with E-state index in [1.807, 2.05) is 31.2 Å². The number of fused-ring (bicyclic) bond motifs is 1. The summed E-state index contributed by atoms with van der Waals surface area (Å²) in [4.78, 5) is 31.8. The van der Waals surface area contributed by atoms with Gasteiger partial charge in [0.25, 0.3) is 0 Å². The van der Waals surface area contributed by atoms with Gasteiger partial charge in [0.1, 0.15) is 18.2 Å². The van der Waals surface area contributed by atoms with E-state index in [9.17, 15) is 9.18 Å². The zero-order valence-electron chi connectivity index (χ0n) is 16.7. The molecule has 0 radical (unpaired) electrons. The second kappa shape index (κ2) is 7.12. The van der Waals surface area contributed by atoms with Crippen LogP contribution in [0.15, 0.2) is 49.2 Å². The molecule has 0 bridgehead atoms. The molecule has 4 atom stereocenters. The second-order valence-corrected chi connectivity index (χ2v) is 7.98. The third-order valence-corrected chi connectivity index (χ3v) is 6.16. The number of halogens is 1. The minimum atomic E-state index is -0.486. The molecule has 3 aromatic rings. The Kier molecular flexibility index (Phi) is 4.42. The van der Waals surface area contributed by atoms with Crippen LogP contribution in [0, 0.1) is 24.6 Å². The van der Waals surface area contributed by atoms with E-state index in [0.717, 1.165) is 35.8 Å². The van der Waals surface area contributed by atoms with Crippen molar-refractivity contribution in [1.82, 2.24) is 19.9 Å². The van der Waals surface area contributed by atoms with Crippen molar-refractivity contribution in [1.29, 1.82) is 0 Å². The molecule has 1 aliphatic carbocycles. The number of aryl methyl sites for hydroxylation is 1. The maximum Gasteiger partial charge on any atom is 0.247 e. The first-order valence-corrected chi connectivity index (χ1v) is 9.96. The Labute approximate surface area is 173 Å². The highest BCUT2D eigenvalue weighted by Gasteiger charge is 2.60. The molecule has 3 heterocycles. The van der Waals surface area contributed by atoms with E-state index in [-0.39, 0.29) is 11.9 Å². The highest BCUT2D eigenvalue weighted by molar-refractivity contribution is 5.98. The van der Waals surface area contributed by atoms with Crippen LogP contribution in [0.1, 0.15) is 18.9 Å². The number of amides is 1. The second-order valence-electron chi connectivity index (χ2n) is 7.98. The summed E-state index contributed by atoms with van der Waals surface area (Å²) in [5.41, 5.74) is 2.35. The largest absolute Gasteiger partial charge is 0.341 e. The number of nitrogens with one attached hydrogen (secondary N) is 1. The highest BCUT2D eigenvalue weighted by atomic mass is 19.1. The lowest BCUT2D eigenvalue weighted by molar-refractivity contribution is -0.117. The fraction of sp³-hybridized carbons (Fsp3) is 0.318. The van der Waals surface area contributed by atoms with Gasteiger partial charge in [-0.25, -0.2) is 24.3 Å². The maximum atomic E-state index is 13.2. The molecular weight excluding hydrogens is 383 g/mol. The third kappa shape index (κ3) is 3.18. The Morgan fingerprint density at radius 1 is 1.20 bits per heavy atom. The average Bonchev–Trinajstić information content (AvgIpc) is 3.20. The molecule has 152 valence electrons. The summed E-state index contributed by atoms with van der Waals surface area (Å²) in [6.45, 7) is 4.14. The van der Waals surface area contributed by atoms with Crippen LogP contribution in [0.3, 0.4) is 0 Å². The monoisotopic (exact) mass is 404 g/mol. The molecule has 2 fully saturated rings. The summed E-state index contributed by atoms with van der Waals surface area (Å²) < 4.78 is 13.2. The van der Waals surface area contributed by atoms with E-state index in [1.165, 1.54) is 6.33 Å². The Morgan fingerprint density at radius 3 is 2.73 bits per heavy atom. The molecular formula is C22H21FN6O. The molecule has 1 amide bonds. The van der Waals surface area contributed by atoms with Crippen LogP contribution < -0.4 is 10.2 Å². The Balaban J connectivity index is 1.39. The van der Waals surface area contributed by atoms with Crippen LogP contribution in [0.4, 0.5) is 15.9 Å². The van der Waals surface area contributed by atoms with Crippen LogP contribution in [0.2, 0.25) is 0 Å². The first-order valence-electron chi connectivity index (χ1n) is 9.96. The van der Waals surface area contributed by atoms with Gasteiger partial charge in [0, 0.05) is 23.5 Å². The van der Waals surface area contributed by atoms with E-state index in [0.29, 0.717) is 29.4 Å². The van der Waals surface area contributed by atoms with Crippen LogP contribution in [0.5, 0.6) is 0 Å². The van der Waals surface area contributed by atoms with Crippen molar-refractivity contribution in [2.24, 2.45) is 11.8 Å². The highest BCUT2D eigenvalue weighted by Crippen LogP contribution is 2.54. The normalized spacial score (nSPS) is 24.4. The van der Waals surface area contributed by atoms with Crippen molar-refractivity contribution in [3.63, 3.8) is 0 Å². The van der Waals surface area contributed by atoms with Crippen molar-refractivity contribution >= 4 is 17.4 Å². The van der Waals surface area contributed by atoms with Crippen LogP contribution in [-0.2, 0) is 4.79 Å². The van der Waals surface area contributed by atoms with Crippen molar-refractivity contribution in [3.8, 4) is 11.4 Å². The van der Waals surface area contributed by atoms with Crippen LogP contribution >= 0.6 is 0 Å². The number of carbonyl (C=O) groups is 1. The van der Waals surface area contributed by atoms with Gasteiger partial charge < -0.3 is 10.2 Å². The first-order chi connectivity index (χ1) is 14.5. The lowest BCUT2D eigenvalue weighted by Crippen LogP contribution is -2.43. The predicted molar refractivity (Wildman–Crippen MR) is 110 cm³/mol. The fourth-order valence-electron chi connectivity index (χ4n) is 4.52. The average molecular weight is 404 g/mol. The summed E-state index contributed by atoms with van der Waals surface area (Å²) in [7, 11) is 0. The van der Waals surface area contributed by atoms with E-state index in [2.05, 4.69) is 37.1 Å². The number of hydrogen-bond donors (Lipinski definition) is 1.